The Hall–Kier alpha value is -1.37. The Bertz CT molecular complexity index is 454. The number of rotatable bonds is 2. The molecule has 0 aliphatic carbocycles. The van der Waals surface area contributed by atoms with Crippen LogP contribution in [0.4, 0.5) is 0 Å². The van der Waals surface area contributed by atoms with E-state index in [-0.39, 0.29) is 29.9 Å². The lowest BCUT2D eigenvalue weighted by atomic mass is 10.1. The number of nitrogens with one attached hydrogen (secondary N) is 2. The predicted octanol–water partition coefficient (Wildman–Crippen LogP) is -1.45. The quantitative estimate of drug-likeness (QED) is 0.621. The van der Waals surface area contributed by atoms with Gasteiger partial charge in [0.2, 0.25) is 11.8 Å². The molecule has 0 aromatic rings. The fourth-order valence-electron chi connectivity index (χ4n) is 1.76. The van der Waals surface area contributed by atoms with Gasteiger partial charge in [-0.15, -0.1) is 0 Å². The highest BCUT2D eigenvalue weighted by Gasteiger charge is 2.30. The second-order valence-corrected chi connectivity index (χ2v) is 5.91. The van der Waals surface area contributed by atoms with Gasteiger partial charge in [0.25, 0.3) is 0 Å². The lowest BCUT2D eigenvalue weighted by molar-refractivity contribution is -0.126. The van der Waals surface area contributed by atoms with Crippen LogP contribution in [0.25, 0.3) is 0 Å². The van der Waals surface area contributed by atoms with E-state index in [1.54, 1.807) is 0 Å². The Labute approximate surface area is 93.0 Å². The second-order valence-electron chi connectivity index (χ2n) is 3.98. The van der Waals surface area contributed by atoms with Gasteiger partial charge in [0.1, 0.15) is 0 Å². The van der Waals surface area contributed by atoms with Crippen LogP contribution in [0.15, 0.2) is 11.5 Å². The fourth-order valence-corrected chi connectivity index (χ4v) is 2.99. The zero-order valence-electron chi connectivity index (χ0n) is 8.47. The summed E-state index contributed by atoms with van der Waals surface area (Å²) < 4.78 is 22.2. The summed E-state index contributed by atoms with van der Waals surface area (Å²) in [6.07, 6.45) is 1.63. The van der Waals surface area contributed by atoms with E-state index in [4.69, 9.17) is 0 Å². The van der Waals surface area contributed by atoms with E-state index >= 15 is 0 Å². The van der Waals surface area contributed by atoms with Gasteiger partial charge in [0.05, 0.1) is 17.7 Å². The maximum atomic E-state index is 11.6. The summed E-state index contributed by atoms with van der Waals surface area (Å²) in [7, 11) is -3.15. The molecule has 0 saturated carbocycles. The molecule has 2 N–H and O–H groups in total. The van der Waals surface area contributed by atoms with E-state index in [0.29, 0.717) is 6.54 Å². The van der Waals surface area contributed by atoms with Crippen molar-refractivity contribution in [1.29, 1.82) is 0 Å². The van der Waals surface area contributed by atoms with Crippen molar-refractivity contribution < 1.29 is 18.0 Å². The highest BCUT2D eigenvalue weighted by molar-refractivity contribution is 7.94. The third kappa shape index (κ3) is 2.41. The molecule has 7 heteroatoms. The lowest BCUT2D eigenvalue weighted by Crippen LogP contribution is -2.40. The van der Waals surface area contributed by atoms with Crippen LogP contribution >= 0.6 is 0 Å². The summed E-state index contributed by atoms with van der Waals surface area (Å²) in [5, 5.41) is 6.26. The molecule has 1 fully saturated rings. The van der Waals surface area contributed by atoms with Crippen molar-refractivity contribution in [2.45, 2.75) is 12.5 Å². The maximum absolute atomic E-state index is 11.6. The first-order chi connectivity index (χ1) is 7.46. The SMILES string of the molecule is O=C1CC(C(=O)NC2C=CS(=O)(=O)C2)CN1. The topological polar surface area (TPSA) is 92.3 Å². The van der Waals surface area contributed by atoms with E-state index in [1.165, 1.54) is 6.08 Å². The summed E-state index contributed by atoms with van der Waals surface area (Å²) in [6, 6.07) is -0.465. The molecule has 2 aliphatic heterocycles. The maximum Gasteiger partial charge on any atom is 0.225 e. The van der Waals surface area contributed by atoms with Crippen LogP contribution in [0, 0.1) is 5.92 Å². The van der Waals surface area contributed by atoms with Crippen molar-refractivity contribution in [1.82, 2.24) is 10.6 Å². The van der Waals surface area contributed by atoms with Crippen LogP contribution < -0.4 is 10.6 Å². The minimum absolute atomic E-state index is 0.0904. The summed E-state index contributed by atoms with van der Waals surface area (Å²) in [6.45, 7) is 0.327. The van der Waals surface area contributed by atoms with Gasteiger partial charge in [-0.1, -0.05) is 0 Å². The van der Waals surface area contributed by atoms with E-state index in [2.05, 4.69) is 10.6 Å². The summed E-state index contributed by atoms with van der Waals surface area (Å²) in [4.78, 5) is 22.5. The molecular weight excluding hydrogens is 232 g/mol. The first kappa shape index (κ1) is 11.1. The predicted molar refractivity (Wildman–Crippen MR) is 56.0 cm³/mol. The minimum Gasteiger partial charge on any atom is -0.355 e. The van der Waals surface area contributed by atoms with Gasteiger partial charge in [-0.3, -0.25) is 9.59 Å². The molecule has 0 bridgehead atoms. The van der Waals surface area contributed by atoms with Crippen molar-refractivity contribution in [3.63, 3.8) is 0 Å². The molecule has 2 atom stereocenters. The summed E-state index contributed by atoms with van der Waals surface area (Å²) in [5.41, 5.74) is 0. The Balaban J connectivity index is 1.89. The zero-order chi connectivity index (χ0) is 11.8. The van der Waals surface area contributed by atoms with Crippen LogP contribution in [-0.4, -0.2) is 38.6 Å². The molecule has 2 unspecified atom stereocenters. The van der Waals surface area contributed by atoms with Gasteiger partial charge in [-0.25, -0.2) is 8.42 Å². The van der Waals surface area contributed by atoms with Crippen molar-refractivity contribution in [2.75, 3.05) is 12.3 Å². The standard InChI is InChI=1S/C9H12N2O4S/c12-8-3-6(4-10-8)9(13)11-7-1-2-16(14,15)5-7/h1-2,6-7H,3-5H2,(H,10,12)(H,11,13). The number of carbonyl (C=O) groups excluding carboxylic acids is 2. The van der Waals surface area contributed by atoms with Gasteiger partial charge in [0, 0.05) is 18.4 Å². The van der Waals surface area contributed by atoms with Crippen LogP contribution in [0.1, 0.15) is 6.42 Å². The first-order valence-electron chi connectivity index (χ1n) is 4.94. The number of sulfone groups is 1. The van der Waals surface area contributed by atoms with Crippen LogP contribution in [0.3, 0.4) is 0 Å². The Morgan fingerprint density at radius 3 is 2.75 bits per heavy atom. The third-order valence-corrected chi connectivity index (χ3v) is 4.00. The molecule has 6 nitrogen and oxygen atoms in total. The van der Waals surface area contributed by atoms with E-state index in [1.807, 2.05) is 0 Å². The number of hydrogen-bond acceptors (Lipinski definition) is 4. The van der Waals surface area contributed by atoms with Gasteiger partial charge < -0.3 is 10.6 Å². The van der Waals surface area contributed by atoms with Crippen molar-refractivity contribution >= 4 is 21.7 Å². The summed E-state index contributed by atoms with van der Waals surface area (Å²) >= 11 is 0. The molecule has 2 aliphatic rings. The fraction of sp³-hybridized carbons (Fsp3) is 0.556. The Morgan fingerprint density at radius 2 is 2.25 bits per heavy atom. The van der Waals surface area contributed by atoms with Gasteiger partial charge in [0.15, 0.2) is 9.84 Å². The largest absolute Gasteiger partial charge is 0.355 e. The molecule has 88 valence electrons. The van der Waals surface area contributed by atoms with Gasteiger partial charge in [-0.05, 0) is 6.08 Å². The molecule has 2 heterocycles. The molecule has 0 aromatic carbocycles. The number of carbonyl (C=O) groups is 2. The molecule has 2 rings (SSSR count). The first-order valence-corrected chi connectivity index (χ1v) is 6.66. The number of hydrogen-bond donors (Lipinski definition) is 2. The van der Waals surface area contributed by atoms with E-state index < -0.39 is 15.9 Å². The zero-order valence-corrected chi connectivity index (χ0v) is 9.29. The van der Waals surface area contributed by atoms with Crippen molar-refractivity contribution in [2.24, 2.45) is 5.92 Å². The van der Waals surface area contributed by atoms with Gasteiger partial charge in [-0.2, -0.15) is 0 Å². The Morgan fingerprint density at radius 1 is 1.50 bits per heavy atom. The van der Waals surface area contributed by atoms with E-state index in [9.17, 15) is 18.0 Å². The Kier molecular flexibility index (Phi) is 2.71. The van der Waals surface area contributed by atoms with Crippen LogP contribution in [0.2, 0.25) is 0 Å². The van der Waals surface area contributed by atoms with E-state index in [0.717, 1.165) is 5.41 Å². The average Bonchev–Trinajstić information content (AvgIpc) is 2.73. The molecular formula is C9H12N2O4S. The second kappa shape index (κ2) is 3.89. The molecule has 0 spiro atoms. The third-order valence-electron chi connectivity index (χ3n) is 2.61. The molecule has 0 radical (unpaired) electrons. The lowest BCUT2D eigenvalue weighted by Gasteiger charge is -2.12. The molecule has 16 heavy (non-hydrogen) atoms. The summed E-state index contributed by atoms with van der Waals surface area (Å²) in [5.74, 6) is -0.892. The highest BCUT2D eigenvalue weighted by atomic mass is 32.2. The molecule has 2 amide bonds. The van der Waals surface area contributed by atoms with Crippen LogP contribution in [-0.2, 0) is 19.4 Å². The van der Waals surface area contributed by atoms with Crippen LogP contribution in [0.5, 0.6) is 0 Å². The monoisotopic (exact) mass is 244 g/mol. The highest BCUT2D eigenvalue weighted by Crippen LogP contribution is 2.12. The van der Waals surface area contributed by atoms with Gasteiger partial charge >= 0.3 is 0 Å². The minimum atomic E-state index is -3.15. The average molecular weight is 244 g/mol. The number of amides is 2. The smallest absolute Gasteiger partial charge is 0.225 e. The molecule has 0 aromatic heterocycles. The molecule has 1 saturated heterocycles. The van der Waals surface area contributed by atoms with Crippen molar-refractivity contribution in [3.8, 4) is 0 Å². The normalized spacial score (nSPS) is 31.4. The van der Waals surface area contributed by atoms with Crippen molar-refractivity contribution in [3.05, 3.63) is 11.5 Å².